The Hall–Kier alpha value is -1.09. The predicted molar refractivity (Wildman–Crippen MR) is 91.5 cm³/mol. The first-order chi connectivity index (χ1) is 11.3. The van der Waals surface area contributed by atoms with E-state index in [2.05, 4.69) is 10.3 Å². The highest BCUT2D eigenvalue weighted by molar-refractivity contribution is 6.38. The monoisotopic (exact) mass is 375 g/mol. The summed E-state index contributed by atoms with van der Waals surface area (Å²) in [5, 5.41) is 33.7. The topological polar surface area (TPSA) is 99.8 Å². The highest BCUT2D eigenvalue weighted by atomic mass is 35.5. The number of aliphatic hydroxyl groups is 3. The molecule has 1 aliphatic rings. The molecule has 0 amide bonds. The maximum atomic E-state index is 10.4. The van der Waals surface area contributed by atoms with Gasteiger partial charge in [-0.2, -0.15) is 0 Å². The Labute approximate surface area is 148 Å². The molecule has 2 aromatic rings. The first-order valence-corrected chi connectivity index (χ1v) is 8.35. The Morgan fingerprint density at radius 1 is 1.29 bits per heavy atom. The van der Waals surface area contributed by atoms with Crippen molar-refractivity contribution in [1.29, 1.82) is 0 Å². The number of nitrogens with one attached hydrogen (secondary N) is 1. The molecule has 0 saturated carbocycles. The number of halogens is 2. The number of hydrogen-bond acceptors (Lipinski definition) is 6. The fourth-order valence-corrected chi connectivity index (χ4v) is 3.36. The predicted octanol–water partition coefficient (Wildman–Crippen LogP) is 1.77. The van der Waals surface area contributed by atoms with E-state index in [0.717, 1.165) is 0 Å². The van der Waals surface area contributed by atoms with Crippen LogP contribution in [0.3, 0.4) is 0 Å². The standard InChI is InChI=1S/C15H19Cl2N3O4/c1-6(2)18-15-19-11-8(17)3-7(16)4-9(11)20(15)14-13(23)12(22)10(5-21)24-14/h3-4,6,10,12-14,21-23H,5H2,1-2H3,(H,18,19)/t10-,12-,13-,14-/m1/s1. The molecule has 24 heavy (non-hydrogen) atoms. The molecule has 0 radical (unpaired) electrons. The number of imidazole rings is 1. The average Bonchev–Trinajstić information content (AvgIpc) is 2.98. The Balaban J connectivity index is 2.17. The molecule has 1 fully saturated rings. The Morgan fingerprint density at radius 2 is 2.00 bits per heavy atom. The van der Waals surface area contributed by atoms with Gasteiger partial charge in [0, 0.05) is 11.1 Å². The van der Waals surface area contributed by atoms with E-state index in [1.54, 1.807) is 16.7 Å². The van der Waals surface area contributed by atoms with Gasteiger partial charge in [0.2, 0.25) is 5.95 Å². The van der Waals surface area contributed by atoms with Crippen molar-refractivity contribution in [2.75, 3.05) is 11.9 Å². The van der Waals surface area contributed by atoms with Crippen molar-refractivity contribution in [2.45, 2.75) is 44.4 Å². The van der Waals surface area contributed by atoms with E-state index in [0.29, 0.717) is 27.0 Å². The Bertz CT molecular complexity index is 752. The quantitative estimate of drug-likeness (QED) is 0.649. The number of hydrogen-bond donors (Lipinski definition) is 4. The first-order valence-electron chi connectivity index (χ1n) is 7.59. The fourth-order valence-electron chi connectivity index (χ4n) is 2.83. The molecule has 132 valence electrons. The van der Waals surface area contributed by atoms with Gasteiger partial charge in [-0.25, -0.2) is 4.98 Å². The molecular formula is C15H19Cl2N3O4. The summed E-state index contributed by atoms with van der Waals surface area (Å²) < 4.78 is 7.24. The second kappa shape index (κ2) is 6.67. The summed E-state index contributed by atoms with van der Waals surface area (Å²) in [6, 6.07) is 3.31. The van der Waals surface area contributed by atoms with Crippen LogP contribution in [0.25, 0.3) is 11.0 Å². The van der Waals surface area contributed by atoms with Gasteiger partial charge in [-0.1, -0.05) is 23.2 Å². The zero-order valence-electron chi connectivity index (χ0n) is 13.1. The van der Waals surface area contributed by atoms with E-state index < -0.39 is 31.1 Å². The van der Waals surface area contributed by atoms with E-state index in [1.807, 2.05) is 13.8 Å². The summed E-state index contributed by atoms with van der Waals surface area (Å²) in [6.07, 6.45) is -4.26. The summed E-state index contributed by atoms with van der Waals surface area (Å²) in [4.78, 5) is 4.47. The minimum absolute atomic E-state index is 0.0620. The van der Waals surface area contributed by atoms with Gasteiger partial charge < -0.3 is 25.4 Å². The molecular weight excluding hydrogens is 357 g/mol. The molecule has 1 saturated heterocycles. The third-order valence-corrected chi connectivity index (χ3v) is 4.41. The molecule has 4 atom stereocenters. The summed E-state index contributed by atoms with van der Waals surface area (Å²) >= 11 is 12.3. The fraction of sp³-hybridized carbons (Fsp3) is 0.533. The minimum atomic E-state index is -1.23. The van der Waals surface area contributed by atoms with Crippen LogP contribution in [-0.4, -0.2) is 55.8 Å². The van der Waals surface area contributed by atoms with E-state index >= 15 is 0 Å². The lowest BCUT2D eigenvalue weighted by Gasteiger charge is -2.21. The lowest BCUT2D eigenvalue weighted by molar-refractivity contribution is -0.0499. The van der Waals surface area contributed by atoms with E-state index in [1.165, 1.54) is 0 Å². The summed E-state index contributed by atoms with van der Waals surface area (Å²) in [5.74, 6) is 0.430. The maximum Gasteiger partial charge on any atom is 0.206 e. The molecule has 1 aliphatic heterocycles. The molecule has 7 nitrogen and oxygen atoms in total. The molecule has 9 heteroatoms. The molecule has 3 rings (SSSR count). The van der Waals surface area contributed by atoms with Crippen LogP contribution in [0.4, 0.5) is 5.95 Å². The highest BCUT2D eigenvalue weighted by Crippen LogP contribution is 2.37. The van der Waals surface area contributed by atoms with Gasteiger partial charge in [0.25, 0.3) is 0 Å². The van der Waals surface area contributed by atoms with Crippen molar-refractivity contribution in [3.05, 3.63) is 22.2 Å². The zero-order valence-corrected chi connectivity index (χ0v) is 14.7. The maximum absolute atomic E-state index is 10.4. The third-order valence-electron chi connectivity index (χ3n) is 3.90. The molecule has 1 aromatic heterocycles. The largest absolute Gasteiger partial charge is 0.394 e. The summed E-state index contributed by atoms with van der Waals surface area (Å²) in [5.41, 5.74) is 1.06. The van der Waals surface area contributed by atoms with Crippen LogP contribution in [0.2, 0.25) is 10.0 Å². The molecule has 0 spiro atoms. The summed E-state index contributed by atoms with van der Waals surface area (Å²) in [6.45, 7) is 3.47. The molecule has 1 aromatic carbocycles. The SMILES string of the molecule is CC(C)Nc1nc2c(Cl)cc(Cl)cc2n1[C@@H]1O[C@H](CO)[C@@H](O)[C@H]1O. The molecule has 0 bridgehead atoms. The van der Waals surface area contributed by atoms with Crippen molar-refractivity contribution in [3.63, 3.8) is 0 Å². The second-order valence-corrected chi connectivity index (χ2v) is 6.93. The van der Waals surface area contributed by atoms with Crippen molar-refractivity contribution in [3.8, 4) is 0 Å². The second-order valence-electron chi connectivity index (χ2n) is 6.09. The van der Waals surface area contributed by atoms with Gasteiger partial charge in [0.05, 0.1) is 17.1 Å². The number of aliphatic hydroxyl groups excluding tert-OH is 3. The van der Waals surface area contributed by atoms with Gasteiger partial charge in [-0.05, 0) is 26.0 Å². The number of aromatic nitrogens is 2. The van der Waals surface area contributed by atoms with Crippen LogP contribution in [0.5, 0.6) is 0 Å². The molecule has 0 unspecified atom stereocenters. The molecule has 4 N–H and O–H groups in total. The number of benzene rings is 1. The normalized spacial score (nSPS) is 27.3. The van der Waals surface area contributed by atoms with Crippen LogP contribution >= 0.6 is 23.2 Å². The van der Waals surface area contributed by atoms with Gasteiger partial charge in [0.1, 0.15) is 23.8 Å². The van der Waals surface area contributed by atoms with Crippen molar-refractivity contribution in [1.82, 2.24) is 9.55 Å². The average molecular weight is 376 g/mol. The zero-order chi connectivity index (χ0) is 17.6. The summed E-state index contributed by atoms with van der Waals surface area (Å²) in [7, 11) is 0. The van der Waals surface area contributed by atoms with E-state index in [4.69, 9.17) is 27.9 Å². The van der Waals surface area contributed by atoms with E-state index in [9.17, 15) is 15.3 Å². The van der Waals surface area contributed by atoms with Crippen LogP contribution in [0.1, 0.15) is 20.1 Å². The minimum Gasteiger partial charge on any atom is -0.394 e. The molecule has 0 aliphatic carbocycles. The molecule has 2 heterocycles. The van der Waals surface area contributed by atoms with Crippen molar-refractivity contribution >= 4 is 40.2 Å². The van der Waals surface area contributed by atoms with Crippen LogP contribution in [0, 0.1) is 0 Å². The van der Waals surface area contributed by atoms with Crippen molar-refractivity contribution in [2.24, 2.45) is 0 Å². The lowest BCUT2D eigenvalue weighted by Crippen LogP contribution is -2.33. The number of ether oxygens (including phenoxy) is 1. The highest BCUT2D eigenvalue weighted by Gasteiger charge is 2.44. The smallest absolute Gasteiger partial charge is 0.206 e. The van der Waals surface area contributed by atoms with E-state index in [-0.39, 0.29) is 6.04 Å². The van der Waals surface area contributed by atoms with Gasteiger partial charge in [-0.3, -0.25) is 4.57 Å². The first kappa shape index (κ1) is 17.7. The van der Waals surface area contributed by atoms with Crippen molar-refractivity contribution < 1.29 is 20.1 Å². The number of anilines is 1. The van der Waals surface area contributed by atoms with Crippen LogP contribution in [-0.2, 0) is 4.74 Å². The van der Waals surface area contributed by atoms with Crippen LogP contribution < -0.4 is 5.32 Å². The van der Waals surface area contributed by atoms with Gasteiger partial charge in [0.15, 0.2) is 6.23 Å². The Morgan fingerprint density at radius 3 is 2.58 bits per heavy atom. The third kappa shape index (κ3) is 2.96. The van der Waals surface area contributed by atoms with Crippen LogP contribution in [0.15, 0.2) is 12.1 Å². The van der Waals surface area contributed by atoms with Gasteiger partial charge >= 0.3 is 0 Å². The Kier molecular flexibility index (Phi) is 4.92. The lowest BCUT2D eigenvalue weighted by atomic mass is 10.1. The number of fused-ring (bicyclic) bond motifs is 1. The number of rotatable bonds is 4. The number of nitrogens with zero attached hydrogens (tertiary/aromatic N) is 2. The van der Waals surface area contributed by atoms with Gasteiger partial charge in [-0.15, -0.1) is 0 Å².